The van der Waals surface area contributed by atoms with Gasteiger partial charge in [-0.25, -0.2) is 4.79 Å². The molecule has 0 saturated carbocycles. The highest BCUT2D eigenvalue weighted by molar-refractivity contribution is 5.84. The van der Waals surface area contributed by atoms with Gasteiger partial charge in [-0.2, -0.15) is 0 Å². The SMILES string of the molecule is CN[C@H](C(=O)O)[C@@H](OC)C(=O)O. The van der Waals surface area contributed by atoms with E-state index in [4.69, 9.17) is 10.2 Å². The molecule has 0 aliphatic heterocycles. The van der Waals surface area contributed by atoms with Gasteiger partial charge in [0.15, 0.2) is 6.10 Å². The Labute approximate surface area is 69.1 Å². The van der Waals surface area contributed by atoms with Gasteiger partial charge < -0.3 is 20.3 Å². The number of carboxylic acids is 2. The maximum Gasteiger partial charge on any atom is 0.335 e. The van der Waals surface area contributed by atoms with Crippen molar-refractivity contribution in [2.75, 3.05) is 14.2 Å². The molecule has 70 valence electrons. The molecule has 0 rings (SSSR count). The standard InChI is InChI=1S/C6H11NO5/c1-7-3(5(8)9)4(12-2)6(10)11/h3-4,7H,1-2H3,(H,8,9)(H,10,11)/t3-,4+/m0/s1. The van der Waals surface area contributed by atoms with E-state index in [1.54, 1.807) is 0 Å². The molecule has 0 aromatic carbocycles. The van der Waals surface area contributed by atoms with Crippen molar-refractivity contribution in [1.82, 2.24) is 5.32 Å². The maximum atomic E-state index is 10.4. The Kier molecular flexibility index (Phi) is 4.24. The van der Waals surface area contributed by atoms with E-state index >= 15 is 0 Å². The van der Waals surface area contributed by atoms with Crippen molar-refractivity contribution >= 4 is 11.9 Å². The number of hydrogen-bond acceptors (Lipinski definition) is 4. The van der Waals surface area contributed by atoms with Crippen LogP contribution >= 0.6 is 0 Å². The Balaban J connectivity index is 4.44. The number of aliphatic carboxylic acids is 2. The maximum absolute atomic E-state index is 10.4. The molecule has 0 fully saturated rings. The monoisotopic (exact) mass is 177 g/mol. The summed E-state index contributed by atoms with van der Waals surface area (Å²) in [5.41, 5.74) is 0. The van der Waals surface area contributed by atoms with Gasteiger partial charge in [-0.05, 0) is 7.05 Å². The lowest BCUT2D eigenvalue weighted by molar-refractivity contribution is -0.158. The van der Waals surface area contributed by atoms with E-state index in [1.165, 1.54) is 7.05 Å². The van der Waals surface area contributed by atoms with Crippen LogP contribution in [0.15, 0.2) is 0 Å². The van der Waals surface area contributed by atoms with Crippen LogP contribution in [0.2, 0.25) is 0 Å². The second kappa shape index (κ2) is 4.68. The second-order valence-electron chi connectivity index (χ2n) is 2.10. The third-order valence-corrected chi connectivity index (χ3v) is 1.38. The van der Waals surface area contributed by atoms with E-state index in [9.17, 15) is 9.59 Å². The molecule has 2 atom stereocenters. The van der Waals surface area contributed by atoms with Crippen LogP contribution in [0.25, 0.3) is 0 Å². The Morgan fingerprint density at radius 3 is 1.92 bits per heavy atom. The number of methoxy groups -OCH3 is 1. The molecule has 12 heavy (non-hydrogen) atoms. The van der Waals surface area contributed by atoms with Crippen molar-refractivity contribution in [3.8, 4) is 0 Å². The third kappa shape index (κ3) is 2.48. The zero-order valence-corrected chi connectivity index (χ0v) is 6.77. The number of nitrogens with one attached hydrogen (secondary N) is 1. The highest BCUT2D eigenvalue weighted by Gasteiger charge is 2.32. The summed E-state index contributed by atoms with van der Waals surface area (Å²) in [6.45, 7) is 0. The predicted molar refractivity (Wildman–Crippen MR) is 38.9 cm³/mol. The van der Waals surface area contributed by atoms with Gasteiger partial charge in [0.25, 0.3) is 0 Å². The summed E-state index contributed by atoms with van der Waals surface area (Å²) in [7, 11) is 2.50. The minimum Gasteiger partial charge on any atom is -0.480 e. The predicted octanol–water partition coefficient (Wildman–Crippen LogP) is -1.24. The quantitative estimate of drug-likeness (QED) is 0.486. The van der Waals surface area contributed by atoms with Gasteiger partial charge in [-0.15, -0.1) is 0 Å². The molecule has 0 aromatic rings. The van der Waals surface area contributed by atoms with Crippen molar-refractivity contribution in [3.05, 3.63) is 0 Å². The van der Waals surface area contributed by atoms with Gasteiger partial charge in [0.05, 0.1) is 0 Å². The summed E-state index contributed by atoms with van der Waals surface area (Å²) in [5, 5.41) is 19.3. The number of rotatable bonds is 5. The Bertz CT molecular complexity index is 161. The average molecular weight is 177 g/mol. The van der Waals surface area contributed by atoms with Gasteiger partial charge in [0, 0.05) is 7.11 Å². The normalized spacial score (nSPS) is 15.2. The molecule has 0 aromatic heterocycles. The number of carboxylic acid groups (broad SMARTS) is 2. The molecule has 3 N–H and O–H groups in total. The van der Waals surface area contributed by atoms with E-state index in [0.29, 0.717) is 0 Å². The van der Waals surface area contributed by atoms with Gasteiger partial charge in [0.2, 0.25) is 0 Å². The average Bonchev–Trinajstić information content (AvgIpc) is 1.98. The third-order valence-electron chi connectivity index (χ3n) is 1.38. The minimum atomic E-state index is -1.37. The van der Waals surface area contributed by atoms with Crippen molar-refractivity contribution in [1.29, 1.82) is 0 Å². The zero-order chi connectivity index (χ0) is 9.72. The first-order valence-electron chi connectivity index (χ1n) is 3.20. The van der Waals surface area contributed by atoms with E-state index in [-0.39, 0.29) is 0 Å². The van der Waals surface area contributed by atoms with E-state index in [0.717, 1.165) is 7.11 Å². The molecule has 0 bridgehead atoms. The zero-order valence-electron chi connectivity index (χ0n) is 6.77. The first kappa shape index (κ1) is 10.9. The summed E-state index contributed by atoms with van der Waals surface area (Å²) in [4.78, 5) is 20.8. The van der Waals surface area contributed by atoms with Crippen LogP contribution < -0.4 is 5.32 Å². The lowest BCUT2D eigenvalue weighted by Crippen LogP contribution is -2.49. The number of ether oxygens (including phenoxy) is 1. The molecule has 0 amide bonds. The highest BCUT2D eigenvalue weighted by Crippen LogP contribution is 1.98. The van der Waals surface area contributed by atoms with E-state index in [1.807, 2.05) is 0 Å². The van der Waals surface area contributed by atoms with Crippen molar-refractivity contribution in [3.63, 3.8) is 0 Å². The molecule has 0 aliphatic carbocycles. The van der Waals surface area contributed by atoms with Crippen LogP contribution in [0, 0.1) is 0 Å². The van der Waals surface area contributed by atoms with E-state index < -0.39 is 24.1 Å². The summed E-state index contributed by atoms with van der Waals surface area (Å²) < 4.78 is 4.48. The van der Waals surface area contributed by atoms with Crippen LogP contribution in [0.3, 0.4) is 0 Å². The van der Waals surface area contributed by atoms with Gasteiger partial charge in [-0.1, -0.05) is 0 Å². The van der Waals surface area contributed by atoms with Crippen LogP contribution in [-0.4, -0.2) is 48.5 Å². The van der Waals surface area contributed by atoms with Crippen molar-refractivity contribution in [2.45, 2.75) is 12.1 Å². The molecular formula is C6H11NO5. The Morgan fingerprint density at radius 1 is 1.33 bits per heavy atom. The lowest BCUT2D eigenvalue weighted by Gasteiger charge is -2.17. The summed E-state index contributed by atoms with van der Waals surface area (Å²) in [6, 6.07) is -1.23. The fourth-order valence-electron chi connectivity index (χ4n) is 0.784. The van der Waals surface area contributed by atoms with Crippen LogP contribution in [0.1, 0.15) is 0 Å². The smallest absolute Gasteiger partial charge is 0.335 e. The van der Waals surface area contributed by atoms with Crippen molar-refractivity contribution < 1.29 is 24.5 Å². The molecule has 6 heteroatoms. The van der Waals surface area contributed by atoms with E-state index in [2.05, 4.69) is 10.1 Å². The molecule has 0 radical (unpaired) electrons. The lowest BCUT2D eigenvalue weighted by atomic mass is 10.1. The van der Waals surface area contributed by atoms with Gasteiger partial charge >= 0.3 is 11.9 Å². The molecule has 6 nitrogen and oxygen atoms in total. The Hall–Kier alpha value is -1.14. The van der Waals surface area contributed by atoms with Gasteiger partial charge in [-0.3, -0.25) is 4.79 Å². The fourth-order valence-corrected chi connectivity index (χ4v) is 0.784. The fraction of sp³-hybridized carbons (Fsp3) is 0.667. The largest absolute Gasteiger partial charge is 0.480 e. The number of likely N-dealkylation sites (N-methyl/N-ethyl adjacent to an activating group) is 1. The summed E-state index contributed by atoms with van der Waals surface area (Å²) in [5.74, 6) is -2.56. The van der Waals surface area contributed by atoms with Crippen LogP contribution in [0.4, 0.5) is 0 Å². The highest BCUT2D eigenvalue weighted by atomic mass is 16.5. The number of carbonyl (C=O) groups is 2. The number of hydrogen-bond donors (Lipinski definition) is 3. The van der Waals surface area contributed by atoms with Gasteiger partial charge in [0.1, 0.15) is 6.04 Å². The van der Waals surface area contributed by atoms with Crippen LogP contribution in [-0.2, 0) is 14.3 Å². The molecule has 0 heterocycles. The molecule has 0 aliphatic rings. The first-order chi connectivity index (χ1) is 5.54. The van der Waals surface area contributed by atoms with Crippen molar-refractivity contribution in [2.24, 2.45) is 0 Å². The summed E-state index contributed by atoms with van der Waals surface area (Å²) >= 11 is 0. The topological polar surface area (TPSA) is 95.9 Å². The second-order valence-corrected chi connectivity index (χ2v) is 2.10. The Morgan fingerprint density at radius 2 is 1.83 bits per heavy atom. The molecule has 0 unspecified atom stereocenters. The van der Waals surface area contributed by atoms with Crippen LogP contribution in [0.5, 0.6) is 0 Å². The molecule has 0 saturated heterocycles. The molecule has 0 spiro atoms. The minimum absolute atomic E-state index is 1.14. The first-order valence-corrected chi connectivity index (χ1v) is 3.20. The molecular weight excluding hydrogens is 166 g/mol. The summed E-state index contributed by atoms with van der Waals surface area (Å²) in [6.07, 6.45) is -1.37.